The number of aliphatic hydroxyl groups excluding tert-OH is 1. The van der Waals surface area contributed by atoms with Crippen molar-refractivity contribution < 1.29 is 33.7 Å². The summed E-state index contributed by atoms with van der Waals surface area (Å²) in [6.45, 7) is 0.225. The minimum atomic E-state index is -0.820. The molecule has 0 fully saturated rings. The summed E-state index contributed by atoms with van der Waals surface area (Å²) in [4.78, 5) is 40.3. The molecule has 186 valence electrons. The van der Waals surface area contributed by atoms with Crippen LogP contribution in [0.1, 0.15) is 37.2 Å². The highest BCUT2D eigenvalue weighted by atomic mass is 32.1. The van der Waals surface area contributed by atoms with Crippen molar-refractivity contribution in [2.75, 3.05) is 27.9 Å². The van der Waals surface area contributed by atoms with E-state index in [-0.39, 0.29) is 12.1 Å². The quantitative estimate of drug-likeness (QED) is 0.339. The number of ether oxygens (including phenoxy) is 3. The Labute approximate surface area is 212 Å². The number of thiophene rings is 1. The van der Waals surface area contributed by atoms with Crippen LogP contribution >= 0.6 is 11.3 Å². The van der Waals surface area contributed by atoms with E-state index in [4.69, 9.17) is 14.2 Å². The van der Waals surface area contributed by atoms with Crippen LogP contribution in [0.5, 0.6) is 11.5 Å². The molecule has 0 radical (unpaired) electrons. The minimum absolute atomic E-state index is 0.0144. The highest BCUT2D eigenvalue weighted by Crippen LogP contribution is 2.40. The van der Waals surface area contributed by atoms with Gasteiger partial charge in [-0.15, -0.1) is 11.3 Å². The van der Waals surface area contributed by atoms with Crippen molar-refractivity contribution in [3.05, 3.63) is 92.9 Å². The molecule has 9 heteroatoms. The normalized spacial score (nSPS) is 15.2. The number of nitrogens with zero attached hydrogens (tertiary/aromatic N) is 1. The van der Waals surface area contributed by atoms with Gasteiger partial charge in [0.05, 0.1) is 43.4 Å². The predicted octanol–water partition coefficient (Wildman–Crippen LogP) is 4.37. The molecule has 0 saturated heterocycles. The lowest BCUT2D eigenvalue weighted by Crippen LogP contribution is -2.33. The van der Waals surface area contributed by atoms with Crippen LogP contribution in [0, 0.1) is 0 Å². The lowest BCUT2D eigenvalue weighted by molar-refractivity contribution is -0.129. The maximum atomic E-state index is 13.4. The van der Waals surface area contributed by atoms with Gasteiger partial charge in [0.1, 0.15) is 0 Å². The highest BCUT2D eigenvalue weighted by Gasteiger charge is 2.43. The Morgan fingerprint density at radius 3 is 2.33 bits per heavy atom. The van der Waals surface area contributed by atoms with Crippen molar-refractivity contribution in [3.8, 4) is 11.5 Å². The zero-order valence-electron chi connectivity index (χ0n) is 20.0. The van der Waals surface area contributed by atoms with Crippen molar-refractivity contribution in [2.45, 2.75) is 12.5 Å². The van der Waals surface area contributed by atoms with Gasteiger partial charge in [0.2, 0.25) is 5.78 Å². The first kappa shape index (κ1) is 25.0. The Hall–Kier alpha value is -4.11. The standard InChI is InChI=1S/C27H25NO7S/c1-33-19-11-6-16(15-20(19)34-2)12-13-28-23(17-7-9-18(10-8-17)27(32)35-3)22(25(30)26(28)31)24(29)21-5-4-14-36-21/h4-11,14-15,23,30H,12-13H2,1-3H3/t23-/m0/s1. The number of methoxy groups -OCH3 is 3. The third kappa shape index (κ3) is 4.70. The largest absolute Gasteiger partial charge is 0.503 e. The number of carbonyl (C=O) groups is 3. The van der Waals surface area contributed by atoms with Gasteiger partial charge in [-0.05, 0) is 53.3 Å². The van der Waals surface area contributed by atoms with E-state index in [9.17, 15) is 19.5 Å². The Balaban J connectivity index is 1.69. The van der Waals surface area contributed by atoms with Crippen LogP contribution in [0.15, 0.2) is 71.3 Å². The third-order valence-corrected chi connectivity index (χ3v) is 6.90. The van der Waals surface area contributed by atoms with Crippen LogP contribution in [-0.4, -0.2) is 55.5 Å². The van der Waals surface area contributed by atoms with Gasteiger partial charge < -0.3 is 24.2 Å². The number of esters is 1. The van der Waals surface area contributed by atoms with Crippen LogP contribution < -0.4 is 9.47 Å². The molecule has 4 rings (SSSR count). The Morgan fingerprint density at radius 1 is 1.00 bits per heavy atom. The van der Waals surface area contributed by atoms with Gasteiger partial charge in [-0.25, -0.2) is 4.79 Å². The summed E-state index contributed by atoms with van der Waals surface area (Å²) in [6, 6.07) is 14.5. The molecule has 2 heterocycles. The number of ketones is 1. The molecule has 2 aromatic carbocycles. The summed E-state index contributed by atoms with van der Waals surface area (Å²) in [5.41, 5.74) is 1.83. The maximum Gasteiger partial charge on any atom is 0.337 e. The van der Waals surface area contributed by atoms with Gasteiger partial charge in [-0.2, -0.15) is 0 Å². The second-order valence-corrected chi connectivity index (χ2v) is 8.97. The molecule has 0 bridgehead atoms. The van der Waals surface area contributed by atoms with Gasteiger partial charge >= 0.3 is 5.97 Å². The first-order valence-corrected chi connectivity index (χ1v) is 12.0. The Kier molecular flexibility index (Phi) is 7.40. The van der Waals surface area contributed by atoms with Crippen molar-refractivity contribution in [3.63, 3.8) is 0 Å². The molecule has 0 saturated carbocycles. The molecule has 1 aliphatic heterocycles. The molecule has 0 spiro atoms. The molecule has 1 N–H and O–H groups in total. The second kappa shape index (κ2) is 10.7. The fourth-order valence-corrected chi connectivity index (χ4v) is 4.89. The molecule has 3 aromatic rings. The van der Waals surface area contributed by atoms with Gasteiger partial charge in [0.25, 0.3) is 5.91 Å². The van der Waals surface area contributed by atoms with E-state index in [0.29, 0.717) is 33.9 Å². The highest BCUT2D eigenvalue weighted by molar-refractivity contribution is 7.12. The van der Waals surface area contributed by atoms with E-state index in [1.54, 1.807) is 62.1 Å². The van der Waals surface area contributed by atoms with E-state index in [1.807, 2.05) is 12.1 Å². The van der Waals surface area contributed by atoms with Crippen LogP contribution in [0.2, 0.25) is 0 Å². The molecule has 8 nitrogen and oxygen atoms in total. The molecular formula is C27H25NO7S. The van der Waals surface area contributed by atoms with Crippen molar-refractivity contribution in [1.29, 1.82) is 0 Å². The number of hydrogen-bond acceptors (Lipinski definition) is 8. The number of hydrogen-bond donors (Lipinski definition) is 1. The zero-order chi connectivity index (χ0) is 25.8. The number of amides is 1. The Morgan fingerprint density at radius 2 is 1.72 bits per heavy atom. The molecule has 1 atom stereocenters. The van der Waals surface area contributed by atoms with Crippen molar-refractivity contribution in [2.24, 2.45) is 0 Å². The van der Waals surface area contributed by atoms with E-state index in [0.717, 1.165) is 5.56 Å². The van der Waals surface area contributed by atoms with Gasteiger partial charge in [-0.1, -0.05) is 24.3 Å². The Bertz CT molecular complexity index is 1310. The summed E-state index contributed by atoms with van der Waals surface area (Å²) in [6.07, 6.45) is 0.441. The van der Waals surface area contributed by atoms with Crippen LogP contribution in [0.3, 0.4) is 0 Å². The van der Waals surface area contributed by atoms with E-state index < -0.39 is 29.5 Å². The second-order valence-electron chi connectivity index (χ2n) is 8.02. The van der Waals surface area contributed by atoms with E-state index in [2.05, 4.69) is 0 Å². The van der Waals surface area contributed by atoms with Crippen LogP contribution in [0.4, 0.5) is 0 Å². The third-order valence-electron chi connectivity index (χ3n) is 6.03. The monoisotopic (exact) mass is 507 g/mol. The maximum absolute atomic E-state index is 13.4. The van der Waals surface area contributed by atoms with E-state index >= 15 is 0 Å². The predicted molar refractivity (Wildman–Crippen MR) is 134 cm³/mol. The lowest BCUT2D eigenvalue weighted by atomic mass is 9.94. The molecular weight excluding hydrogens is 482 g/mol. The van der Waals surface area contributed by atoms with Crippen molar-refractivity contribution in [1.82, 2.24) is 4.90 Å². The summed E-state index contributed by atoms with van der Waals surface area (Å²) >= 11 is 1.24. The van der Waals surface area contributed by atoms with Gasteiger partial charge in [0.15, 0.2) is 17.3 Å². The molecule has 36 heavy (non-hydrogen) atoms. The molecule has 0 unspecified atom stereocenters. The average Bonchev–Trinajstić information content (AvgIpc) is 3.54. The minimum Gasteiger partial charge on any atom is -0.503 e. The summed E-state index contributed by atoms with van der Waals surface area (Å²) < 4.78 is 15.4. The fraction of sp³-hybridized carbons (Fsp3) is 0.222. The zero-order valence-corrected chi connectivity index (χ0v) is 20.8. The van der Waals surface area contributed by atoms with E-state index in [1.165, 1.54) is 23.3 Å². The summed E-state index contributed by atoms with van der Waals surface area (Å²) in [5.74, 6) is -0.952. The first-order valence-electron chi connectivity index (χ1n) is 11.1. The van der Waals surface area contributed by atoms with Gasteiger partial charge in [0, 0.05) is 6.54 Å². The molecule has 1 amide bonds. The summed E-state index contributed by atoms with van der Waals surface area (Å²) in [7, 11) is 4.39. The molecule has 0 aliphatic carbocycles. The number of rotatable bonds is 9. The van der Waals surface area contributed by atoms with Crippen molar-refractivity contribution >= 4 is 29.0 Å². The smallest absolute Gasteiger partial charge is 0.337 e. The fourth-order valence-electron chi connectivity index (χ4n) is 4.21. The number of carbonyl (C=O) groups excluding carboxylic acids is 3. The lowest BCUT2D eigenvalue weighted by Gasteiger charge is -2.27. The van der Waals surface area contributed by atoms with Crippen LogP contribution in [-0.2, 0) is 16.0 Å². The average molecular weight is 508 g/mol. The topological polar surface area (TPSA) is 102 Å². The molecule has 1 aromatic heterocycles. The molecule has 1 aliphatic rings. The SMILES string of the molecule is COC(=O)c1ccc([C@H]2C(C(=O)c3cccs3)=C(O)C(=O)N2CCc2ccc(OC)c(OC)c2)cc1. The summed E-state index contributed by atoms with van der Waals surface area (Å²) in [5, 5.41) is 12.6. The number of benzene rings is 2. The first-order chi connectivity index (χ1) is 17.4. The van der Waals surface area contributed by atoms with Gasteiger partial charge in [-0.3, -0.25) is 9.59 Å². The number of aliphatic hydroxyl groups is 1. The van der Waals surface area contributed by atoms with Crippen LogP contribution in [0.25, 0.3) is 0 Å². The number of Topliss-reactive ketones (excluding diaryl/α,β-unsaturated/α-hetero) is 1.